The molecule has 0 unspecified atom stereocenters. The number of hydrogen-bond donors (Lipinski definition) is 0. The molecule has 0 bridgehead atoms. The van der Waals surface area contributed by atoms with Gasteiger partial charge in [-0.2, -0.15) is 0 Å². The van der Waals surface area contributed by atoms with E-state index in [0.29, 0.717) is 30.3 Å². The lowest BCUT2D eigenvalue weighted by molar-refractivity contribution is 0.0716. The second-order valence-electron chi connectivity index (χ2n) is 6.70. The summed E-state index contributed by atoms with van der Waals surface area (Å²) in [7, 11) is 1.88. The number of likely N-dealkylation sites (N-methyl/N-ethyl adjacent to an activating group) is 1. The normalized spacial score (nSPS) is 19.1. The molecule has 2 aliphatic rings. The van der Waals surface area contributed by atoms with E-state index >= 15 is 0 Å². The molecule has 0 aliphatic carbocycles. The first kappa shape index (κ1) is 16.7. The molecular weight excluding hydrogens is 330 g/mol. The van der Waals surface area contributed by atoms with Crippen molar-refractivity contribution in [1.82, 2.24) is 9.88 Å². The van der Waals surface area contributed by atoms with Crippen LogP contribution < -0.4 is 14.4 Å². The Labute approximate surface area is 153 Å². The van der Waals surface area contributed by atoms with Gasteiger partial charge in [-0.25, -0.2) is 4.98 Å². The van der Waals surface area contributed by atoms with E-state index in [9.17, 15) is 4.79 Å². The van der Waals surface area contributed by atoms with Crippen LogP contribution in [0.4, 0.5) is 5.82 Å². The number of ether oxygens (including phenoxy) is 2. The highest BCUT2D eigenvalue weighted by atomic mass is 16.6. The fourth-order valence-electron chi connectivity index (χ4n) is 3.57. The summed E-state index contributed by atoms with van der Waals surface area (Å²) in [5, 5.41) is 0. The van der Waals surface area contributed by atoms with E-state index in [4.69, 9.17) is 9.47 Å². The van der Waals surface area contributed by atoms with Gasteiger partial charge in [-0.05, 0) is 43.2 Å². The number of pyridine rings is 1. The highest BCUT2D eigenvalue weighted by Gasteiger charge is 2.28. The molecule has 4 rings (SSSR count). The van der Waals surface area contributed by atoms with Gasteiger partial charge >= 0.3 is 0 Å². The summed E-state index contributed by atoms with van der Waals surface area (Å²) in [6, 6.07) is 11.5. The summed E-state index contributed by atoms with van der Waals surface area (Å²) in [6.45, 7) is 2.83. The van der Waals surface area contributed by atoms with Crippen LogP contribution in [0.1, 0.15) is 23.2 Å². The van der Waals surface area contributed by atoms with E-state index in [2.05, 4.69) is 9.88 Å². The van der Waals surface area contributed by atoms with Crippen molar-refractivity contribution in [1.29, 1.82) is 0 Å². The van der Waals surface area contributed by atoms with Crippen LogP contribution >= 0.6 is 0 Å². The minimum absolute atomic E-state index is 0.00912. The van der Waals surface area contributed by atoms with Crippen LogP contribution in [-0.4, -0.2) is 55.2 Å². The molecule has 6 nitrogen and oxygen atoms in total. The van der Waals surface area contributed by atoms with Gasteiger partial charge in [0.05, 0.1) is 0 Å². The van der Waals surface area contributed by atoms with Gasteiger partial charge in [-0.3, -0.25) is 4.79 Å². The zero-order valence-corrected chi connectivity index (χ0v) is 14.9. The average Bonchev–Trinajstić information content (AvgIpc) is 2.73. The van der Waals surface area contributed by atoms with E-state index in [0.717, 1.165) is 31.7 Å². The molecule has 1 fully saturated rings. The number of carbonyl (C=O) groups is 1. The molecule has 0 saturated carbocycles. The molecule has 1 aromatic heterocycles. The lowest BCUT2D eigenvalue weighted by Crippen LogP contribution is -2.48. The van der Waals surface area contributed by atoms with Crippen molar-refractivity contribution in [2.75, 3.05) is 38.3 Å². The van der Waals surface area contributed by atoms with Crippen molar-refractivity contribution in [3.05, 3.63) is 48.2 Å². The number of hydrogen-bond acceptors (Lipinski definition) is 5. The number of aromatic nitrogens is 1. The maximum atomic E-state index is 13.0. The number of anilines is 1. The Morgan fingerprint density at radius 3 is 2.85 bits per heavy atom. The fraction of sp³-hybridized carbons (Fsp3) is 0.400. The van der Waals surface area contributed by atoms with E-state index in [1.807, 2.05) is 48.5 Å². The quantitative estimate of drug-likeness (QED) is 0.849. The Morgan fingerprint density at radius 1 is 1.19 bits per heavy atom. The maximum absolute atomic E-state index is 13.0. The second kappa shape index (κ2) is 7.23. The monoisotopic (exact) mass is 353 g/mol. The zero-order valence-electron chi connectivity index (χ0n) is 14.9. The van der Waals surface area contributed by atoms with Gasteiger partial charge < -0.3 is 19.3 Å². The first-order valence-corrected chi connectivity index (χ1v) is 9.05. The van der Waals surface area contributed by atoms with Gasteiger partial charge in [0, 0.05) is 37.9 Å². The third kappa shape index (κ3) is 3.31. The molecule has 1 amide bonds. The van der Waals surface area contributed by atoms with E-state index in [1.54, 1.807) is 6.07 Å². The van der Waals surface area contributed by atoms with Gasteiger partial charge in [-0.1, -0.05) is 6.07 Å². The molecule has 1 aromatic carbocycles. The van der Waals surface area contributed by atoms with Crippen LogP contribution in [0.15, 0.2) is 42.6 Å². The molecule has 3 heterocycles. The van der Waals surface area contributed by atoms with Crippen LogP contribution in [0, 0.1) is 0 Å². The molecular formula is C20H23N3O3. The Bertz CT molecular complexity index is 781. The fourth-order valence-corrected chi connectivity index (χ4v) is 3.57. The van der Waals surface area contributed by atoms with Gasteiger partial charge in [0.2, 0.25) is 0 Å². The molecule has 136 valence electrons. The SMILES string of the molecule is CN(C(=O)c1ccc2c(c1)OCCO2)[C@H]1CCCN(c2ccccn2)C1. The van der Waals surface area contributed by atoms with Gasteiger partial charge in [0.15, 0.2) is 11.5 Å². The summed E-state index contributed by atoms with van der Waals surface area (Å²) < 4.78 is 11.1. The molecule has 0 spiro atoms. The molecule has 0 radical (unpaired) electrons. The molecule has 6 heteroatoms. The predicted molar refractivity (Wildman–Crippen MR) is 99.0 cm³/mol. The summed E-state index contributed by atoms with van der Waals surface area (Å²) in [5.74, 6) is 2.33. The number of fused-ring (bicyclic) bond motifs is 1. The standard InChI is InChI=1S/C20H23N3O3/c1-22(16-5-4-10-23(14-16)19-6-2-3-9-21-19)20(24)15-7-8-17-18(13-15)26-12-11-25-17/h2-3,6-9,13,16H,4-5,10-12,14H2,1H3/t16-/m0/s1. The van der Waals surface area contributed by atoms with E-state index in [-0.39, 0.29) is 11.9 Å². The minimum Gasteiger partial charge on any atom is -0.486 e. The summed E-state index contributed by atoms with van der Waals surface area (Å²) in [4.78, 5) is 21.5. The third-order valence-electron chi connectivity index (χ3n) is 5.03. The smallest absolute Gasteiger partial charge is 0.254 e. The van der Waals surface area contributed by atoms with Gasteiger partial charge in [0.1, 0.15) is 19.0 Å². The van der Waals surface area contributed by atoms with Crippen LogP contribution in [-0.2, 0) is 0 Å². The summed E-state index contributed by atoms with van der Waals surface area (Å²) in [6.07, 6.45) is 3.85. The van der Waals surface area contributed by atoms with Crippen LogP contribution in [0.25, 0.3) is 0 Å². The molecule has 2 aliphatic heterocycles. The topological polar surface area (TPSA) is 54.9 Å². The Morgan fingerprint density at radius 2 is 2.04 bits per heavy atom. The largest absolute Gasteiger partial charge is 0.486 e. The first-order valence-electron chi connectivity index (χ1n) is 9.05. The minimum atomic E-state index is 0.00912. The zero-order chi connectivity index (χ0) is 17.9. The highest BCUT2D eigenvalue weighted by molar-refractivity contribution is 5.95. The van der Waals surface area contributed by atoms with Crippen LogP contribution in [0.5, 0.6) is 11.5 Å². The summed E-state index contributed by atoms with van der Waals surface area (Å²) >= 11 is 0. The predicted octanol–water partition coefficient (Wildman–Crippen LogP) is 2.59. The average molecular weight is 353 g/mol. The second-order valence-corrected chi connectivity index (χ2v) is 6.70. The Hall–Kier alpha value is -2.76. The Balaban J connectivity index is 1.48. The number of rotatable bonds is 3. The number of nitrogens with zero attached hydrogens (tertiary/aromatic N) is 3. The molecule has 1 saturated heterocycles. The Kier molecular flexibility index (Phi) is 4.65. The van der Waals surface area contributed by atoms with Gasteiger partial charge in [0.25, 0.3) is 5.91 Å². The molecule has 2 aromatic rings. The number of amides is 1. The van der Waals surface area contributed by atoms with Crippen LogP contribution in [0.2, 0.25) is 0 Å². The maximum Gasteiger partial charge on any atom is 0.254 e. The lowest BCUT2D eigenvalue weighted by Gasteiger charge is -2.38. The van der Waals surface area contributed by atoms with Crippen molar-refractivity contribution >= 4 is 11.7 Å². The van der Waals surface area contributed by atoms with Crippen molar-refractivity contribution < 1.29 is 14.3 Å². The molecule has 0 N–H and O–H groups in total. The molecule has 26 heavy (non-hydrogen) atoms. The van der Waals surface area contributed by atoms with Crippen molar-refractivity contribution in [2.45, 2.75) is 18.9 Å². The van der Waals surface area contributed by atoms with Crippen molar-refractivity contribution in [2.24, 2.45) is 0 Å². The van der Waals surface area contributed by atoms with Crippen LogP contribution in [0.3, 0.4) is 0 Å². The van der Waals surface area contributed by atoms with E-state index < -0.39 is 0 Å². The van der Waals surface area contributed by atoms with Crippen molar-refractivity contribution in [3.63, 3.8) is 0 Å². The van der Waals surface area contributed by atoms with E-state index in [1.165, 1.54) is 0 Å². The number of piperidine rings is 1. The van der Waals surface area contributed by atoms with Crippen molar-refractivity contribution in [3.8, 4) is 11.5 Å². The first-order chi connectivity index (χ1) is 12.7. The number of benzene rings is 1. The summed E-state index contributed by atoms with van der Waals surface area (Å²) in [5.41, 5.74) is 0.631. The third-order valence-corrected chi connectivity index (χ3v) is 5.03. The number of carbonyl (C=O) groups excluding carboxylic acids is 1. The highest BCUT2D eigenvalue weighted by Crippen LogP contribution is 2.31. The lowest BCUT2D eigenvalue weighted by atomic mass is 10.0. The molecule has 1 atom stereocenters. The van der Waals surface area contributed by atoms with Gasteiger partial charge in [-0.15, -0.1) is 0 Å².